The first-order valence-electron chi connectivity index (χ1n) is 12.4. The van der Waals surface area contributed by atoms with Gasteiger partial charge in [0.15, 0.2) is 12.4 Å². The van der Waals surface area contributed by atoms with Crippen LogP contribution in [0.25, 0.3) is 33.5 Å². The third-order valence-corrected chi connectivity index (χ3v) is 6.19. The van der Waals surface area contributed by atoms with Gasteiger partial charge in [-0.05, 0) is 41.0 Å². The van der Waals surface area contributed by atoms with Crippen LogP contribution in [0.2, 0.25) is 0 Å². The van der Waals surface area contributed by atoms with Crippen LogP contribution in [0.4, 0.5) is 0 Å². The van der Waals surface area contributed by atoms with Gasteiger partial charge in [-0.2, -0.15) is 10.2 Å². The molecular weight excluding hydrogens is 516 g/mol. The average molecular weight is 539 g/mol. The molecule has 0 saturated heterocycles. The Morgan fingerprint density at radius 1 is 1.02 bits per heavy atom. The fourth-order valence-electron chi connectivity index (χ4n) is 4.44. The zero-order valence-electron chi connectivity index (χ0n) is 21.2. The summed E-state index contributed by atoms with van der Waals surface area (Å²) in [4.78, 5) is 28.8. The molecule has 0 aliphatic rings. The van der Waals surface area contributed by atoms with E-state index in [9.17, 15) is 9.59 Å². The van der Waals surface area contributed by atoms with Crippen LogP contribution >= 0.6 is 0 Å². The van der Waals surface area contributed by atoms with E-state index in [4.69, 9.17) is 13.9 Å². The van der Waals surface area contributed by atoms with Crippen LogP contribution < -0.4 is 10.6 Å². The Labute approximate surface area is 226 Å². The lowest BCUT2D eigenvalue weighted by Gasteiger charge is -2.12. The van der Waals surface area contributed by atoms with Gasteiger partial charge in [0.05, 0.1) is 29.7 Å². The number of carbonyl (C=O) groups is 1. The number of hydrogen-bond donors (Lipinski definition) is 1. The quantitative estimate of drug-likeness (QED) is 0.265. The van der Waals surface area contributed by atoms with Crippen LogP contribution in [0.5, 0.6) is 6.01 Å². The van der Waals surface area contributed by atoms with E-state index >= 15 is 0 Å². The molecule has 6 aromatic rings. The summed E-state index contributed by atoms with van der Waals surface area (Å²) in [6.45, 7) is 2.40. The number of aromatic nitrogens is 6. The lowest BCUT2D eigenvalue weighted by atomic mass is 9.98. The summed E-state index contributed by atoms with van der Waals surface area (Å²) in [6.07, 6.45) is 1.11. The largest absolute Gasteiger partial charge is 0.518 e. The van der Waals surface area contributed by atoms with Crippen molar-refractivity contribution in [1.82, 2.24) is 30.2 Å². The lowest BCUT2D eigenvalue weighted by Crippen LogP contribution is -2.10. The van der Waals surface area contributed by atoms with E-state index < -0.39 is 11.8 Å². The third-order valence-electron chi connectivity index (χ3n) is 6.19. The van der Waals surface area contributed by atoms with Crippen LogP contribution in [0.15, 0.2) is 86.6 Å². The van der Waals surface area contributed by atoms with Gasteiger partial charge in [0.2, 0.25) is 5.82 Å². The molecule has 40 heavy (non-hydrogen) atoms. The van der Waals surface area contributed by atoms with Crippen molar-refractivity contribution in [3.8, 4) is 28.5 Å². The van der Waals surface area contributed by atoms with Crippen molar-refractivity contribution in [3.05, 3.63) is 100 Å². The normalized spacial score (nSPS) is 11.1. The van der Waals surface area contributed by atoms with E-state index in [1.165, 1.54) is 0 Å². The van der Waals surface area contributed by atoms with Gasteiger partial charge in [0.25, 0.3) is 6.01 Å². The van der Waals surface area contributed by atoms with Gasteiger partial charge in [-0.25, -0.2) is 9.59 Å². The average Bonchev–Trinajstić information content (AvgIpc) is 3.73. The number of H-pyrrole nitrogens is 1. The first kappa shape index (κ1) is 24.8. The number of imidazole rings is 1. The second-order valence-electron chi connectivity index (χ2n) is 8.69. The molecule has 6 rings (SSSR count). The minimum absolute atomic E-state index is 0.107. The van der Waals surface area contributed by atoms with E-state index in [1.54, 1.807) is 18.2 Å². The SMILES string of the molecule is CCOc1nc2cccc(C(=O)OCc3coc(=O)o3)c2n1Cc1ccc(-c2ccccc2-c2nn[nH]n2)cc1. The molecule has 3 heterocycles. The van der Waals surface area contributed by atoms with Gasteiger partial charge in [0.1, 0.15) is 6.26 Å². The van der Waals surface area contributed by atoms with Crippen molar-refractivity contribution in [2.75, 3.05) is 6.61 Å². The Morgan fingerprint density at radius 2 is 1.85 bits per heavy atom. The molecule has 0 aliphatic heterocycles. The zero-order chi connectivity index (χ0) is 27.5. The van der Waals surface area contributed by atoms with E-state index in [-0.39, 0.29) is 12.4 Å². The number of ether oxygens (including phenoxy) is 2. The van der Waals surface area contributed by atoms with Crippen molar-refractivity contribution in [1.29, 1.82) is 0 Å². The molecule has 0 unspecified atom stereocenters. The maximum absolute atomic E-state index is 13.1. The molecule has 0 saturated carbocycles. The van der Waals surface area contributed by atoms with Crippen LogP contribution in [0, 0.1) is 0 Å². The molecule has 0 bridgehead atoms. The fourth-order valence-corrected chi connectivity index (χ4v) is 4.44. The van der Waals surface area contributed by atoms with Gasteiger partial charge in [-0.1, -0.05) is 54.6 Å². The number of esters is 1. The maximum Gasteiger partial charge on any atom is 0.518 e. The van der Waals surface area contributed by atoms with E-state index in [0.717, 1.165) is 28.5 Å². The molecule has 1 N–H and O–H groups in total. The topological polar surface area (TPSA) is 151 Å². The number of tetrazole rings is 1. The molecule has 0 fully saturated rings. The highest BCUT2D eigenvalue weighted by Crippen LogP contribution is 2.31. The summed E-state index contributed by atoms with van der Waals surface area (Å²) < 4.78 is 22.5. The highest BCUT2D eigenvalue weighted by molar-refractivity contribution is 6.02. The Morgan fingerprint density at radius 3 is 2.58 bits per heavy atom. The summed E-state index contributed by atoms with van der Waals surface area (Å²) in [6, 6.07) is 21.4. The first-order chi connectivity index (χ1) is 19.6. The minimum atomic E-state index is -0.864. The number of hydrogen-bond acceptors (Lipinski definition) is 10. The molecule has 12 heteroatoms. The smallest absolute Gasteiger partial charge is 0.465 e. The molecule has 200 valence electrons. The minimum Gasteiger partial charge on any atom is -0.465 e. The number of aromatic amines is 1. The van der Waals surface area contributed by atoms with E-state index in [0.29, 0.717) is 41.6 Å². The predicted octanol–water partition coefficient (Wildman–Crippen LogP) is 4.23. The molecule has 12 nitrogen and oxygen atoms in total. The second-order valence-corrected chi connectivity index (χ2v) is 8.69. The summed E-state index contributed by atoms with van der Waals surface area (Å²) in [7, 11) is 0. The van der Waals surface area contributed by atoms with Gasteiger partial charge >= 0.3 is 11.8 Å². The number of fused-ring (bicyclic) bond motifs is 1. The zero-order valence-corrected chi connectivity index (χ0v) is 21.2. The summed E-state index contributed by atoms with van der Waals surface area (Å²) in [5.74, 6) is -0.848. The number of para-hydroxylation sites is 1. The number of nitrogens with one attached hydrogen (secondary N) is 1. The van der Waals surface area contributed by atoms with Crippen molar-refractivity contribution in [2.45, 2.75) is 20.1 Å². The highest BCUT2D eigenvalue weighted by Gasteiger charge is 2.21. The van der Waals surface area contributed by atoms with Crippen LogP contribution in [0.3, 0.4) is 0 Å². The van der Waals surface area contributed by atoms with E-state index in [2.05, 4.69) is 30.0 Å². The molecule has 0 aliphatic carbocycles. The highest BCUT2D eigenvalue weighted by atomic mass is 16.6. The summed E-state index contributed by atoms with van der Waals surface area (Å²) in [5.41, 5.74) is 5.23. The molecule has 3 aromatic heterocycles. The molecule has 0 amide bonds. The second kappa shape index (κ2) is 10.7. The van der Waals surface area contributed by atoms with Gasteiger partial charge in [0, 0.05) is 5.56 Å². The van der Waals surface area contributed by atoms with Crippen LogP contribution in [-0.4, -0.2) is 42.8 Å². The monoisotopic (exact) mass is 538 g/mol. The van der Waals surface area contributed by atoms with Crippen molar-refractivity contribution >= 4 is 17.0 Å². The Hall–Kier alpha value is -5.52. The maximum atomic E-state index is 13.1. The first-order valence-corrected chi connectivity index (χ1v) is 12.4. The Kier molecular flexibility index (Phi) is 6.63. The van der Waals surface area contributed by atoms with Crippen LogP contribution in [-0.2, 0) is 17.9 Å². The summed E-state index contributed by atoms with van der Waals surface area (Å²) in [5, 5.41) is 14.4. The van der Waals surface area contributed by atoms with Crippen molar-refractivity contribution in [2.24, 2.45) is 0 Å². The van der Waals surface area contributed by atoms with Crippen LogP contribution in [0.1, 0.15) is 28.6 Å². The molecule has 0 atom stereocenters. The number of benzene rings is 3. The van der Waals surface area contributed by atoms with Gasteiger partial charge in [-0.15, -0.1) is 10.2 Å². The van der Waals surface area contributed by atoms with Crippen molar-refractivity contribution < 1.29 is 23.1 Å². The fraction of sp³-hybridized carbons (Fsp3) is 0.143. The van der Waals surface area contributed by atoms with E-state index in [1.807, 2.05) is 60.0 Å². The number of rotatable bonds is 9. The molecule has 3 aromatic carbocycles. The lowest BCUT2D eigenvalue weighted by molar-refractivity contribution is 0.0445. The number of carbonyl (C=O) groups excluding carboxylic acids is 1. The Bertz CT molecular complexity index is 1840. The predicted molar refractivity (Wildman–Crippen MR) is 141 cm³/mol. The van der Waals surface area contributed by atoms with Gasteiger partial charge < -0.3 is 18.3 Å². The molecular formula is C28H22N6O6. The molecule has 0 radical (unpaired) electrons. The Balaban J connectivity index is 1.32. The molecule has 0 spiro atoms. The summed E-state index contributed by atoms with van der Waals surface area (Å²) >= 11 is 0. The number of nitrogens with zero attached hydrogens (tertiary/aromatic N) is 5. The van der Waals surface area contributed by atoms with Gasteiger partial charge in [-0.3, -0.25) is 4.57 Å². The third kappa shape index (κ3) is 4.85. The van der Waals surface area contributed by atoms with Crippen molar-refractivity contribution in [3.63, 3.8) is 0 Å². The standard InChI is InChI=1S/C28H22N6O6/c1-2-37-27-29-23-9-5-8-22(26(35)38-15-19-16-39-28(36)40-19)24(23)34(27)14-17-10-12-18(13-11-17)20-6-3-4-7-21(20)25-30-32-33-31-25/h3-13,16H,2,14-15H2,1H3,(H,30,31,32,33).